The maximum Gasteiger partial charge on any atom is 0.415 e. The van der Waals surface area contributed by atoms with Crippen LogP contribution >= 0.6 is 11.8 Å². The van der Waals surface area contributed by atoms with Crippen molar-refractivity contribution in [2.45, 2.75) is 26.1 Å². The van der Waals surface area contributed by atoms with Crippen molar-refractivity contribution in [1.82, 2.24) is 0 Å². The Bertz CT molecular complexity index is 181. The van der Waals surface area contributed by atoms with E-state index in [1.54, 1.807) is 6.92 Å². The fourth-order valence-electron chi connectivity index (χ4n) is 0.686. The van der Waals surface area contributed by atoms with Gasteiger partial charge in [-0.3, -0.25) is 4.79 Å². The molecule has 0 unspecified atom stereocenters. The monoisotopic (exact) mass is 216 g/mol. The molecule has 0 aliphatic heterocycles. The van der Waals surface area contributed by atoms with Gasteiger partial charge in [0.2, 0.25) is 0 Å². The number of hydrogen-bond donors (Lipinski definition) is 1. The molecule has 0 radical (unpaired) electrons. The van der Waals surface area contributed by atoms with Gasteiger partial charge in [-0.05, 0) is 5.75 Å². The molecule has 2 nitrogen and oxygen atoms in total. The first-order chi connectivity index (χ1) is 5.80. The summed E-state index contributed by atoms with van der Waals surface area (Å²) < 4.78 is 35.7. The Kier molecular flexibility index (Phi) is 4.77. The summed E-state index contributed by atoms with van der Waals surface area (Å²) in [5.41, 5.74) is 0. The van der Waals surface area contributed by atoms with Gasteiger partial charge in [0.1, 0.15) is 0 Å². The minimum absolute atomic E-state index is 0.410. The first kappa shape index (κ1) is 12.8. The van der Waals surface area contributed by atoms with Crippen LogP contribution in [0.2, 0.25) is 0 Å². The van der Waals surface area contributed by atoms with Crippen LogP contribution in [0.15, 0.2) is 0 Å². The number of hydrogen-bond acceptors (Lipinski definition) is 3. The molecule has 0 saturated carbocycles. The lowest BCUT2D eigenvalue weighted by atomic mass is 10.1. The number of aliphatic hydroxyl groups excluding tert-OH is 1. The molecular weight excluding hydrogens is 205 g/mol. The molecule has 0 aliphatic carbocycles. The summed E-state index contributed by atoms with van der Waals surface area (Å²) >= 11 is 0.785. The third-order valence-corrected chi connectivity index (χ3v) is 2.41. The summed E-state index contributed by atoms with van der Waals surface area (Å²) in [7, 11) is 0. The van der Waals surface area contributed by atoms with Gasteiger partial charge in [0.05, 0.1) is 5.92 Å². The molecule has 0 aliphatic rings. The van der Waals surface area contributed by atoms with Crippen molar-refractivity contribution in [3.05, 3.63) is 0 Å². The van der Waals surface area contributed by atoms with E-state index in [0.717, 1.165) is 18.7 Å². The largest absolute Gasteiger partial charge is 0.415 e. The second kappa shape index (κ2) is 4.85. The molecular formula is C7H11F3O2S. The second-order valence-electron chi connectivity index (χ2n) is 2.53. The highest BCUT2D eigenvalue weighted by Gasteiger charge is 2.44. The zero-order valence-corrected chi connectivity index (χ0v) is 8.08. The lowest BCUT2D eigenvalue weighted by molar-refractivity contribution is -0.215. The number of alkyl halides is 3. The number of carbonyl (C=O) groups is 1. The van der Waals surface area contributed by atoms with E-state index in [1.807, 2.05) is 0 Å². The Morgan fingerprint density at radius 1 is 1.54 bits per heavy atom. The van der Waals surface area contributed by atoms with Crippen molar-refractivity contribution in [3.63, 3.8) is 0 Å². The minimum Gasteiger partial charge on any atom is -0.383 e. The molecule has 0 aromatic heterocycles. The van der Waals surface area contributed by atoms with Crippen LogP contribution in [0.5, 0.6) is 0 Å². The van der Waals surface area contributed by atoms with Crippen LogP contribution in [0, 0.1) is 5.92 Å². The quantitative estimate of drug-likeness (QED) is 0.782. The van der Waals surface area contributed by atoms with E-state index in [0.29, 0.717) is 5.75 Å². The second-order valence-corrected chi connectivity index (χ2v) is 3.80. The zero-order valence-electron chi connectivity index (χ0n) is 7.26. The zero-order chi connectivity index (χ0) is 10.6. The highest BCUT2D eigenvalue weighted by atomic mass is 32.2. The molecule has 0 rings (SSSR count). The van der Waals surface area contributed by atoms with Gasteiger partial charge < -0.3 is 5.11 Å². The van der Waals surface area contributed by atoms with Gasteiger partial charge in [0.15, 0.2) is 11.2 Å². The van der Waals surface area contributed by atoms with E-state index in [1.165, 1.54) is 0 Å². The molecule has 13 heavy (non-hydrogen) atoms. The Morgan fingerprint density at radius 2 is 2.00 bits per heavy atom. The van der Waals surface area contributed by atoms with Crippen molar-refractivity contribution in [2.24, 2.45) is 5.92 Å². The SMILES string of the molecule is CCSC(=O)[C@@H](C)[C@@H](O)C(F)(F)F. The fourth-order valence-corrected chi connectivity index (χ4v) is 1.36. The molecule has 0 aromatic carbocycles. The Balaban J connectivity index is 4.25. The maximum absolute atomic E-state index is 11.9. The standard InChI is InChI=1S/C7H11F3O2S/c1-3-13-6(12)4(2)5(11)7(8,9)10/h4-5,11H,3H2,1-2H3/t4-,5+/m0/s1. The molecule has 0 saturated heterocycles. The highest BCUT2D eigenvalue weighted by molar-refractivity contribution is 8.13. The first-order valence-electron chi connectivity index (χ1n) is 3.72. The number of rotatable bonds is 3. The molecule has 0 spiro atoms. The number of halogens is 3. The van der Waals surface area contributed by atoms with Crippen LogP contribution in [0.4, 0.5) is 13.2 Å². The van der Waals surface area contributed by atoms with Crippen LogP contribution in [0.25, 0.3) is 0 Å². The molecule has 0 bridgehead atoms. The number of carbonyl (C=O) groups excluding carboxylic acids is 1. The molecule has 0 amide bonds. The average Bonchev–Trinajstić information content (AvgIpc) is 2.00. The van der Waals surface area contributed by atoms with Gasteiger partial charge in [-0.25, -0.2) is 0 Å². The first-order valence-corrected chi connectivity index (χ1v) is 4.70. The van der Waals surface area contributed by atoms with E-state index in [-0.39, 0.29) is 0 Å². The Hall–Kier alpha value is -0.230. The lowest BCUT2D eigenvalue weighted by Crippen LogP contribution is -2.37. The van der Waals surface area contributed by atoms with Crippen LogP contribution in [0.3, 0.4) is 0 Å². The van der Waals surface area contributed by atoms with Crippen LogP contribution in [0.1, 0.15) is 13.8 Å². The van der Waals surface area contributed by atoms with E-state index >= 15 is 0 Å². The summed E-state index contributed by atoms with van der Waals surface area (Å²) in [5, 5.41) is 8.06. The third-order valence-electron chi connectivity index (χ3n) is 1.47. The van der Waals surface area contributed by atoms with Gasteiger partial charge >= 0.3 is 6.18 Å². The predicted octanol–water partition coefficient (Wildman–Crippen LogP) is 1.83. The van der Waals surface area contributed by atoms with Crippen LogP contribution < -0.4 is 0 Å². The summed E-state index contributed by atoms with van der Waals surface area (Å²) in [6.07, 6.45) is -7.28. The summed E-state index contributed by atoms with van der Waals surface area (Å²) in [5.74, 6) is -0.988. The van der Waals surface area contributed by atoms with Gasteiger partial charge in [-0.2, -0.15) is 13.2 Å². The van der Waals surface area contributed by atoms with E-state index in [2.05, 4.69) is 0 Å². The van der Waals surface area contributed by atoms with Gasteiger partial charge in [0, 0.05) is 0 Å². The number of aliphatic hydroxyl groups is 1. The average molecular weight is 216 g/mol. The van der Waals surface area contributed by atoms with Crippen molar-refractivity contribution in [3.8, 4) is 0 Å². The normalized spacial score (nSPS) is 16.8. The fraction of sp³-hybridized carbons (Fsp3) is 0.857. The van der Waals surface area contributed by atoms with Crippen LogP contribution in [-0.2, 0) is 4.79 Å². The summed E-state index contributed by atoms with van der Waals surface area (Å²) in [4.78, 5) is 10.9. The molecule has 0 fully saturated rings. The smallest absolute Gasteiger partial charge is 0.383 e. The van der Waals surface area contributed by atoms with Gasteiger partial charge in [0.25, 0.3) is 0 Å². The summed E-state index contributed by atoms with van der Waals surface area (Å²) in [6, 6.07) is 0. The molecule has 78 valence electrons. The lowest BCUT2D eigenvalue weighted by Gasteiger charge is -2.19. The molecule has 6 heteroatoms. The maximum atomic E-state index is 11.9. The van der Waals surface area contributed by atoms with Crippen molar-refractivity contribution in [1.29, 1.82) is 0 Å². The molecule has 0 aromatic rings. The predicted molar refractivity (Wildman–Crippen MR) is 44.4 cm³/mol. The van der Waals surface area contributed by atoms with E-state index < -0.39 is 23.3 Å². The third kappa shape index (κ3) is 3.99. The van der Waals surface area contributed by atoms with Crippen LogP contribution in [-0.4, -0.2) is 28.3 Å². The van der Waals surface area contributed by atoms with Gasteiger partial charge in [-0.15, -0.1) is 0 Å². The number of thioether (sulfide) groups is 1. The summed E-state index contributed by atoms with van der Waals surface area (Å²) in [6.45, 7) is 2.73. The van der Waals surface area contributed by atoms with E-state index in [4.69, 9.17) is 5.11 Å². The van der Waals surface area contributed by atoms with Crippen molar-refractivity contribution < 1.29 is 23.1 Å². The Morgan fingerprint density at radius 3 is 2.31 bits per heavy atom. The Labute approximate surface area is 78.5 Å². The molecule has 2 atom stereocenters. The van der Waals surface area contributed by atoms with Crippen molar-refractivity contribution in [2.75, 3.05) is 5.75 Å². The highest BCUT2D eigenvalue weighted by Crippen LogP contribution is 2.27. The van der Waals surface area contributed by atoms with Gasteiger partial charge in [-0.1, -0.05) is 25.6 Å². The van der Waals surface area contributed by atoms with Crippen molar-refractivity contribution >= 4 is 16.9 Å². The minimum atomic E-state index is -4.72. The van der Waals surface area contributed by atoms with E-state index in [9.17, 15) is 18.0 Å². The topological polar surface area (TPSA) is 37.3 Å². The molecule has 1 N–H and O–H groups in total. The molecule has 0 heterocycles.